The molecule has 1 saturated carbocycles. The van der Waals surface area contributed by atoms with Crippen LogP contribution in [0.25, 0.3) is 0 Å². The van der Waals surface area contributed by atoms with E-state index < -0.39 is 11.4 Å². The SMILES string of the molecule is Cc1cc(F)ccc1C1(C(=O)O)CCC1. The molecule has 15 heavy (non-hydrogen) atoms. The van der Waals surface area contributed by atoms with Crippen molar-refractivity contribution in [1.29, 1.82) is 0 Å². The van der Waals surface area contributed by atoms with Crippen LogP contribution in [0.15, 0.2) is 18.2 Å². The molecule has 1 aromatic carbocycles. The number of hydrogen-bond donors (Lipinski definition) is 1. The van der Waals surface area contributed by atoms with E-state index >= 15 is 0 Å². The second-order valence-corrected chi connectivity index (χ2v) is 4.20. The van der Waals surface area contributed by atoms with E-state index in [2.05, 4.69) is 0 Å². The first-order chi connectivity index (χ1) is 7.06. The minimum Gasteiger partial charge on any atom is -0.481 e. The third-order valence-corrected chi connectivity index (χ3v) is 3.32. The van der Waals surface area contributed by atoms with Gasteiger partial charge in [-0.05, 0) is 43.0 Å². The van der Waals surface area contributed by atoms with Crippen LogP contribution >= 0.6 is 0 Å². The van der Waals surface area contributed by atoms with Crippen molar-refractivity contribution in [3.05, 3.63) is 35.1 Å². The number of halogens is 1. The lowest BCUT2D eigenvalue weighted by atomic mass is 9.63. The molecule has 1 aliphatic rings. The summed E-state index contributed by atoms with van der Waals surface area (Å²) in [6, 6.07) is 4.35. The van der Waals surface area contributed by atoms with Crippen molar-refractivity contribution in [3.8, 4) is 0 Å². The highest BCUT2D eigenvalue weighted by Gasteiger charge is 2.46. The van der Waals surface area contributed by atoms with E-state index in [1.165, 1.54) is 12.1 Å². The Labute approximate surface area is 87.7 Å². The maximum Gasteiger partial charge on any atom is 0.314 e. The second kappa shape index (κ2) is 3.33. The molecule has 0 saturated heterocycles. The van der Waals surface area contributed by atoms with Crippen LogP contribution in [0, 0.1) is 12.7 Å². The van der Waals surface area contributed by atoms with Crippen LogP contribution in [0.2, 0.25) is 0 Å². The van der Waals surface area contributed by atoms with Crippen molar-refractivity contribution < 1.29 is 14.3 Å². The summed E-state index contributed by atoms with van der Waals surface area (Å²) in [6.07, 6.45) is 2.26. The molecule has 0 bridgehead atoms. The fraction of sp³-hybridized carbons (Fsp3) is 0.417. The van der Waals surface area contributed by atoms with E-state index in [9.17, 15) is 14.3 Å². The first-order valence-electron chi connectivity index (χ1n) is 5.06. The number of aryl methyl sites for hydroxylation is 1. The molecule has 0 heterocycles. The van der Waals surface area contributed by atoms with Gasteiger partial charge in [-0.25, -0.2) is 4.39 Å². The maximum absolute atomic E-state index is 12.9. The van der Waals surface area contributed by atoms with Gasteiger partial charge in [-0.1, -0.05) is 12.5 Å². The lowest BCUT2D eigenvalue weighted by Crippen LogP contribution is -2.42. The molecule has 0 atom stereocenters. The Morgan fingerprint density at radius 1 is 1.47 bits per heavy atom. The predicted octanol–water partition coefficient (Wildman–Crippen LogP) is 2.64. The average Bonchev–Trinajstić information content (AvgIpc) is 2.05. The zero-order valence-electron chi connectivity index (χ0n) is 8.59. The first-order valence-corrected chi connectivity index (χ1v) is 5.06. The summed E-state index contributed by atoms with van der Waals surface area (Å²) in [5, 5.41) is 9.24. The van der Waals surface area contributed by atoms with Crippen molar-refractivity contribution in [2.45, 2.75) is 31.6 Å². The molecular formula is C12H13FO2. The Hall–Kier alpha value is -1.38. The van der Waals surface area contributed by atoms with Gasteiger partial charge in [-0.15, -0.1) is 0 Å². The molecule has 0 aliphatic heterocycles. The van der Waals surface area contributed by atoms with Crippen molar-refractivity contribution in [2.75, 3.05) is 0 Å². The number of benzene rings is 1. The van der Waals surface area contributed by atoms with Crippen molar-refractivity contribution in [1.82, 2.24) is 0 Å². The summed E-state index contributed by atoms with van der Waals surface area (Å²) < 4.78 is 12.9. The Morgan fingerprint density at radius 2 is 2.13 bits per heavy atom. The van der Waals surface area contributed by atoms with Crippen LogP contribution in [0.4, 0.5) is 4.39 Å². The van der Waals surface area contributed by atoms with Gasteiger partial charge >= 0.3 is 5.97 Å². The smallest absolute Gasteiger partial charge is 0.314 e. The topological polar surface area (TPSA) is 37.3 Å². The van der Waals surface area contributed by atoms with Crippen LogP contribution in [0.5, 0.6) is 0 Å². The minimum absolute atomic E-state index is 0.309. The number of rotatable bonds is 2. The zero-order chi connectivity index (χ0) is 11.1. The lowest BCUT2D eigenvalue weighted by Gasteiger charge is -2.39. The molecule has 0 spiro atoms. The number of carboxylic acids is 1. The highest BCUT2D eigenvalue weighted by atomic mass is 19.1. The van der Waals surface area contributed by atoms with Crippen molar-refractivity contribution >= 4 is 5.97 Å². The van der Waals surface area contributed by atoms with Gasteiger partial charge in [0.2, 0.25) is 0 Å². The minimum atomic E-state index is -0.788. The normalized spacial score (nSPS) is 18.3. The van der Waals surface area contributed by atoms with E-state index in [1.807, 2.05) is 0 Å². The Bertz CT molecular complexity index is 408. The van der Waals surface area contributed by atoms with Gasteiger partial charge in [0.15, 0.2) is 0 Å². The Kier molecular flexibility index (Phi) is 2.25. The van der Waals surface area contributed by atoms with Gasteiger partial charge in [0.1, 0.15) is 5.82 Å². The first kappa shape index (κ1) is 10.1. The van der Waals surface area contributed by atoms with Crippen LogP contribution in [-0.4, -0.2) is 11.1 Å². The molecule has 0 aromatic heterocycles. The standard InChI is InChI=1S/C12H13FO2/c1-8-7-9(13)3-4-10(8)12(11(14)15)5-2-6-12/h3-4,7H,2,5-6H2,1H3,(H,14,15). The third-order valence-electron chi connectivity index (χ3n) is 3.32. The van der Waals surface area contributed by atoms with Gasteiger partial charge in [-0.3, -0.25) is 4.79 Å². The molecule has 1 N–H and O–H groups in total. The molecule has 0 radical (unpaired) electrons. The van der Waals surface area contributed by atoms with E-state index in [1.54, 1.807) is 13.0 Å². The zero-order valence-corrected chi connectivity index (χ0v) is 8.59. The van der Waals surface area contributed by atoms with Gasteiger partial charge in [0.25, 0.3) is 0 Å². The molecule has 0 unspecified atom stereocenters. The third kappa shape index (κ3) is 1.42. The van der Waals surface area contributed by atoms with Crippen molar-refractivity contribution in [3.63, 3.8) is 0 Å². The van der Waals surface area contributed by atoms with E-state index in [-0.39, 0.29) is 5.82 Å². The number of carbonyl (C=O) groups is 1. The fourth-order valence-electron chi connectivity index (χ4n) is 2.29. The molecule has 1 aliphatic carbocycles. The lowest BCUT2D eigenvalue weighted by molar-refractivity contribution is -0.147. The average molecular weight is 208 g/mol. The number of carboxylic acid groups (broad SMARTS) is 1. The van der Waals surface area contributed by atoms with Crippen LogP contribution in [0.1, 0.15) is 30.4 Å². The number of aliphatic carboxylic acids is 1. The van der Waals surface area contributed by atoms with Gasteiger partial charge in [-0.2, -0.15) is 0 Å². The molecule has 0 amide bonds. The van der Waals surface area contributed by atoms with Gasteiger partial charge in [0.05, 0.1) is 5.41 Å². The summed E-state index contributed by atoms with van der Waals surface area (Å²) >= 11 is 0. The summed E-state index contributed by atoms with van der Waals surface area (Å²) in [5.41, 5.74) is 0.748. The Morgan fingerprint density at radius 3 is 2.53 bits per heavy atom. The molecule has 2 nitrogen and oxygen atoms in total. The quantitative estimate of drug-likeness (QED) is 0.811. The monoisotopic (exact) mass is 208 g/mol. The van der Waals surface area contributed by atoms with E-state index in [4.69, 9.17) is 0 Å². The summed E-state index contributed by atoms with van der Waals surface area (Å²) in [5.74, 6) is -1.10. The molecular weight excluding hydrogens is 195 g/mol. The highest BCUT2D eigenvalue weighted by molar-refractivity contribution is 5.83. The van der Waals surface area contributed by atoms with Crippen LogP contribution < -0.4 is 0 Å². The molecule has 80 valence electrons. The highest BCUT2D eigenvalue weighted by Crippen LogP contribution is 2.45. The molecule has 1 aromatic rings. The van der Waals surface area contributed by atoms with Crippen LogP contribution in [0.3, 0.4) is 0 Å². The largest absolute Gasteiger partial charge is 0.481 e. The Balaban J connectivity index is 2.48. The predicted molar refractivity (Wildman–Crippen MR) is 54.3 cm³/mol. The summed E-state index contributed by atoms with van der Waals surface area (Å²) in [4.78, 5) is 11.2. The fourth-order valence-corrected chi connectivity index (χ4v) is 2.29. The van der Waals surface area contributed by atoms with E-state index in [0.717, 1.165) is 17.5 Å². The molecule has 3 heteroatoms. The summed E-state index contributed by atoms with van der Waals surface area (Å²) in [7, 11) is 0. The second-order valence-electron chi connectivity index (χ2n) is 4.20. The van der Waals surface area contributed by atoms with E-state index in [0.29, 0.717) is 12.8 Å². The van der Waals surface area contributed by atoms with Crippen LogP contribution in [-0.2, 0) is 10.2 Å². The van der Waals surface area contributed by atoms with Crippen molar-refractivity contribution in [2.24, 2.45) is 0 Å². The molecule has 1 fully saturated rings. The van der Waals surface area contributed by atoms with Gasteiger partial charge in [0, 0.05) is 0 Å². The van der Waals surface area contributed by atoms with Gasteiger partial charge < -0.3 is 5.11 Å². The summed E-state index contributed by atoms with van der Waals surface area (Å²) in [6.45, 7) is 1.77. The molecule has 2 rings (SSSR count). The number of hydrogen-bond acceptors (Lipinski definition) is 1. The maximum atomic E-state index is 12.9.